The zero-order valence-electron chi connectivity index (χ0n) is 8.79. The van der Waals surface area contributed by atoms with Crippen LogP contribution in [0.15, 0.2) is 12.3 Å². The fraction of sp³-hybridized carbons (Fsp3) is 0.600. The van der Waals surface area contributed by atoms with Crippen LogP contribution >= 0.6 is 12.4 Å². The normalized spacial score (nSPS) is 34.4. The summed E-state index contributed by atoms with van der Waals surface area (Å²) >= 11 is 0. The summed E-state index contributed by atoms with van der Waals surface area (Å²) < 4.78 is 37.4. The van der Waals surface area contributed by atoms with Crippen LogP contribution in [-0.2, 0) is 11.6 Å². The molecule has 0 atom stereocenters. The topological polar surface area (TPSA) is 51.8 Å². The quantitative estimate of drug-likeness (QED) is 0.845. The zero-order chi connectivity index (χ0) is 11.6. The van der Waals surface area contributed by atoms with Crippen molar-refractivity contribution in [2.24, 2.45) is 5.73 Å². The van der Waals surface area contributed by atoms with Crippen LogP contribution < -0.4 is 5.73 Å². The van der Waals surface area contributed by atoms with Gasteiger partial charge >= 0.3 is 6.18 Å². The van der Waals surface area contributed by atoms with Gasteiger partial charge in [-0.15, -0.1) is 12.4 Å². The Bertz CT molecular complexity index is 441. The Morgan fingerprint density at radius 2 is 1.82 bits per heavy atom. The highest BCUT2D eigenvalue weighted by molar-refractivity contribution is 5.85. The molecule has 3 saturated carbocycles. The summed E-state index contributed by atoms with van der Waals surface area (Å²) in [6.07, 6.45) is -1.10. The van der Waals surface area contributed by atoms with Gasteiger partial charge in [0.2, 0.25) is 0 Å². The molecular formula is C10H11ClF3N3. The molecule has 0 aromatic carbocycles. The van der Waals surface area contributed by atoms with E-state index in [2.05, 4.69) is 9.97 Å². The van der Waals surface area contributed by atoms with E-state index in [9.17, 15) is 13.2 Å². The van der Waals surface area contributed by atoms with Crippen LogP contribution in [-0.4, -0.2) is 15.5 Å². The van der Waals surface area contributed by atoms with Gasteiger partial charge in [0, 0.05) is 17.2 Å². The van der Waals surface area contributed by atoms with Gasteiger partial charge in [0.25, 0.3) is 0 Å². The van der Waals surface area contributed by atoms with Gasteiger partial charge in [0.1, 0.15) is 11.5 Å². The van der Waals surface area contributed by atoms with E-state index in [1.807, 2.05) is 0 Å². The summed E-state index contributed by atoms with van der Waals surface area (Å²) in [6.45, 7) is 0. The molecule has 94 valence electrons. The van der Waals surface area contributed by atoms with Crippen molar-refractivity contribution in [3.8, 4) is 0 Å². The smallest absolute Gasteiger partial charge is 0.325 e. The summed E-state index contributed by atoms with van der Waals surface area (Å²) in [5, 5.41) is 0. The average Bonchev–Trinajstić information content (AvgIpc) is 2.10. The third kappa shape index (κ3) is 1.70. The molecule has 0 radical (unpaired) electrons. The molecule has 1 aromatic rings. The standard InChI is InChI=1S/C10H10F3N3.ClH/c11-10(12,13)6-1-2-15-7(16-6)8-3-9(14,4-8)5-8;/h1-2H,3-5,14H2;1H. The van der Waals surface area contributed by atoms with Gasteiger partial charge in [-0.25, -0.2) is 9.97 Å². The molecule has 0 saturated heterocycles. The minimum absolute atomic E-state index is 0. The summed E-state index contributed by atoms with van der Waals surface area (Å²) in [5.74, 6) is 0.301. The zero-order valence-corrected chi connectivity index (χ0v) is 9.61. The molecule has 7 heteroatoms. The van der Waals surface area contributed by atoms with Gasteiger partial charge in [-0.3, -0.25) is 0 Å². The fourth-order valence-corrected chi connectivity index (χ4v) is 2.88. The van der Waals surface area contributed by atoms with E-state index in [0.717, 1.165) is 6.07 Å². The van der Waals surface area contributed by atoms with Gasteiger partial charge in [-0.2, -0.15) is 13.2 Å². The van der Waals surface area contributed by atoms with Crippen molar-refractivity contribution in [1.29, 1.82) is 0 Å². The number of aromatic nitrogens is 2. The second kappa shape index (κ2) is 3.32. The molecule has 4 rings (SSSR count). The minimum atomic E-state index is -4.40. The summed E-state index contributed by atoms with van der Waals surface area (Å²) in [6, 6.07) is 0.896. The minimum Gasteiger partial charge on any atom is -0.325 e. The van der Waals surface area contributed by atoms with Crippen LogP contribution in [0.4, 0.5) is 13.2 Å². The molecule has 2 N–H and O–H groups in total. The molecular weight excluding hydrogens is 255 g/mol. The third-order valence-electron chi connectivity index (χ3n) is 3.49. The average molecular weight is 266 g/mol. The molecule has 17 heavy (non-hydrogen) atoms. The first-order chi connectivity index (χ1) is 7.33. The highest BCUT2D eigenvalue weighted by Gasteiger charge is 2.68. The predicted molar refractivity (Wildman–Crippen MR) is 56.7 cm³/mol. The Morgan fingerprint density at radius 1 is 1.24 bits per heavy atom. The van der Waals surface area contributed by atoms with Crippen molar-refractivity contribution in [3.05, 3.63) is 23.8 Å². The van der Waals surface area contributed by atoms with E-state index in [0.29, 0.717) is 25.1 Å². The van der Waals surface area contributed by atoms with Crippen molar-refractivity contribution in [2.75, 3.05) is 0 Å². The fourth-order valence-electron chi connectivity index (χ4n) is 2.88. The molecule has 2 bridgehead atoms. The van der Waals surface area contributed by atoms with Crippen molar-refractivity contribution < 1.29 is 13.2 Å². The number of alkyl halides is 3. The van der Waals surface area contributed by atoms with Crippen molar-refractivity contribution >= 4 is 12.4 Å². The maximum Gasteiger partial charge on any atom is 0.433 e. The molecule has 1 aromatic heterocycles. The van der Waals surface area contributed by atoms with Crippen molar-refractivity contribution in [1.82, 2.24) is 9.97 Å². The number of nitrogens with two attached hydrogens (primary N) is 1. The molecule has 1 heterocycles. The summed E-state index contributed by atoms with van der Waals surface area (Å²) in [5.41, 5.74) is 4.57. The van der Waals surface area contributed by atoms with Crippen LogP contribution in [0.3, 0.4) is 0 Å². The second-order valence-electron chi connectivity index (χ2n) is 4.94. The molecule has 3 aliphatic rings. The lowest BCUT2D eigenvalue weighted by Gasteiger charge is -2.67. The molecule has 3 nitrogen and oxygen atoms in total. The highest BCUT2D eigenvalue weighted by atomic mass is 35.5. The number of nitrogens with zero attached hydrogens (tertiary/aromatic N) is 2. The Balaban J connectivity index is 0.00000108. The summed E-state index contributed by atoms with van der Waals surface area (Å²) in [4.78, 5) is 7.56. The van der Waals surface area contributed by atoms with E-state index in [1.54, 1.807) is 0 Å². The van der Waals surface area contributed by atoms with Gasteiger partial charge in [-0.1, -0.05) is 0 Å². The van der Waals surface area contributed by atoms with Crippen molar-refractivity contribution in [2.45, 2.75) is 36.4 Å². The first-order valence-electron chi connectivity index (χ1n) is 5.03. The number of halogens is 4. The van der Waals surface area contributed by atoms with E-state index in [-0.39, 0.29) is 23.4 Å². The van der Waals surface area contributed by atoms with Crippen molar-refractivity contribution in [3.63, 3.8) is 0 Å². The van der Waals surface area contributed by atoms with E-state index >= 15 is 0 Å². The maximum absolute atomic E-state index is 12.5. The molecule has 3 aliphatic carbocycles. The van der Waals surface area contributed by atoms with Crippen LogP contribution in [0, 0.1) is 0 Å². The number of rotatable bonds is 1. The van der Waals surface area contributed by atoms with E-state index < -0.39 is 11.9 Å². The lowest BCUT2D eigenvalue weighted by Crippen LogP contribution is -2.74. The van der Waals surface area contributed by atoms with Gasteiger partial charge < -0.3 is 5.73 Å². The van der Waals surface area contributed by atoms with Crippen LogP contribution in [0.2, 0.25) is 0 Å². The number of hydrogen-bond donors (Lipinski definition) is 1. The molecule has 3 fully saturated rings. The monoisotopic (exact) mass is 265 g/mol. The Hall–Kier alpha value is -0.880. The maximum atomic E-state index is 12.5. The second-order valence-corrected chi connectivity index (χ2v) is 4.94. The molecule has 0 aliphatic heterocycles. The lowest BCUT2D eigenvalue weighted by molar-refractivity contribution is -0.142. The molecule has 0 amide bonds. The lowest BCUT2D eigenvalue weighted by atomic mass is 9.39. The van der Waals surface area contributed by atoms with Crippen LogP contribution in [0.5, 0.6) is 0 Å². The summed E-state index contributed by atoms with van der Waals surface area (Å²) in [7, 11) is 0. The molecule has 0 unspecified atom stereocenters. The first kappa shape index (κ1) is 12.6. The SMILES string of the molecule is Cl.NC12CC(c3nccc(C(F)(F)F)n3)(C1)C2. The Morgan fingerprint density at radius 3 is 2.29 bits per heavy atom. The number of hydrogen-bond acceptors (Lipinski definition) is 3. The highest BCUT2D eigenvalue weighted by Crippen LogP contribution is 2.65. The van der Waals surface area contributed by atoms with Gasteiger partial charge in [0.05, 0.1) is 0 Å². The van der Waals surface area contributed by atoms with E-state index in [1.165, 1.54) is 6.20 Å². The van der Waals surface area contributed by atoms with Crippen LogP contribution in [0.1, 0.15) is 30.8 Å². The Labute approximate surface area is 102 Å². The largest absolute Gasteiger partial charge is 0.433 e. The Kier molecular flexibility index (Phi) is 2.46. The van der Waals surface area contributed by atoms with Gasteiger partial charge in [0.15, 0.2) is 0 Å². The molecule has 0 spiro atoms. The third-order valence-corrected chi connectivity index (χ3v) is 3.49. The predicted octanol–water partition coefficient (Wildman–Crippen LogP) is 2.05. The van der Waals surface area contributed by atoms with Gasteiger partial charge in [-0.05, 0) is 25.3 Å². The van der Waals surface area contributed by atoms with E-state index in [4.69, 9.17) is 5.73 Å². The first-order valence-corrected chi connectivity index (χ1v) is 5.03. The van der Waals surface area contributed by atoms with Crippen LogP contribution in [0.25, 0.3) is 0 Å².